The number of rotatable bonds is 2. The molecule has 0 amide bonds. The summed E-state index contributed by atoms with van der Waals surface area (Å²) < 4.78 is 50.4. The number of nitrogens with zero attached hydrogens (tertiary/aromatic N) is 2. The molecule has 0 unspecified atom stereocenters. The Bertz CT molecular complexity index is 704. The lowest BCUT2D eigenvalue weighted by Crippen LogP contribution is -2.37. The van der Waals surface area contributed by atoms with Crippen LogP contribution >= 0.6 is 11.3 Å². The number of hydrogen-bond donors (Lipinski definition) is 0. The van der Waals surface area contributed by atoms with E-state index in [0.717, 1.165) is 29.7 Å². The minimum atomic E-state index is -4.35. The average Bonchev–Trinajstić information content (AvgIpc) is 2.89. The van der Waals surface area contributed by atoms with Crippen molar-refractivity contribution < 1.29 is 17.4 Å². The summed E-state index contributed by atoms with van der Waals surface area (Å²) in [4.78, 5) is 6.36. The van der Waals surface area contributed by atoms with Crippen LogP contribution in [0.4, 0.5) is 18.3 Å². The van der Waals surface area contributed by atoms with Crippen molar-refractivity contribution in [3.05, 3.63) is 23.8 Å². The Morgan fingerprint density at radius 2 is 2.00 bits per heavy atom. The first-order valence-electron chi connectivity index (χ1n) is 6.90. The quantitative estimate of drug-likeness (QED) is 0.830. The Labute approximate surface area is 132 Å². The highest BCUT2D eigenvalue weighted by Gasteiger charge is 2.31. The predicted molar refractivity (Wildman–Crippen MR) is 83.9 cm³/mol. The van der Waals surface area contributed by atoms with Crippen LogP contribution in [0.5, 0.6) is 0 Å². The summed E-state index contributed by atoms with van der Waals surface area (Å²) in [7, 11) is 1.17. The van der Waals surface area contributed by atoms with Crippen LogP contribution in [0.3, 0.4) is 0 Å². The van der Waals surface area contributed by atoms with E-state index in [2.05, 4.69) is 4.98 Å². The van der Waals surface area contributed by atoms with Gasteiger partial charge in [0.1, 0.15) is 0 Å². The standard InChI is InChI=1S/C14H15F3N2OS2/c1-19(10-4-6-22(20)7-5-10)13-18-11-8-9(14(15,16)17)2-3-12(11)21-13/h2-3,8,10H,4-7H2,1H3. The molecule has 3 rings (SSSR count). The maximum Gasteiger partial charge on any atom is 0.416 e. The Morgan fingerprint density at radius 1 is 1.32 bits per heavy atom. The van der Waals surface area contributed by atoms with Gasteiger partial charge in [-0.15, -0.1) is 0 Å². The number of aromatic nitrogens is 1. The second kappa shape index (κ2) is 5.81. The van der Waals surface area contributed by atoms with E-state index in [1.807, 2.05) is 11.9 Å². The van der Waals surface area contributed by atoms with Gasteiger partial charge in [-0.05, 0) is 31.0 Å². The van der Waals surface area contributed by atoms with Crippen molar-refractivity contribution in [3.63, 3.8) is 0 Å². The molecule has 0 aliphatic carbocycles. The fraction of sp³-hybridized carbons (Fsp3) is 0.500. The molecule has 120 valence electrons. The number of anilines is 1. The van der Waals surface area contributed by atoms with Crippen LogP contribution in [-0.2, 0) is 17.0 Å². The van der Waals surface area contributed by atoms with Gasteiger partial charge in [0.15, 0.2) is 5.13 Å². The highest BCUT2D eigenvalue weighted by Crippen LogP contribution is 2.35. The van der Waals surface area contributed by atoms with Gasteiger partial charge >= 0.3 is 6.18 Å². The Kier molecular flexibility index (Phi) is 4.15. The molecule has 1 saturated heterocycles. The maximum atomic E-state index is 12.7. The van der Waals surface area contributed by atoms with E-state index in [1.54, 1.807) is 0 Å². The topological polar surface area (TPSA) is 33.2 Å². The third-order valence-electron chi connectivity index (χ3n) is 3.91. The molecular weight excluding hydrogens is 333 g/mol. The Balaban J connectivity index is 1.86. The Hall–Kier alpha value is -1.15. The van der Waals surface area contributed by atoms with E-state index in [9.17, 15) is 17.4 Å². The van der Waals surface area contributed by atoms with Gasteiger partial charge in [0.2, 0.25) is 0 Å². The van der Waals surface area contributed by atoms with Gasteiger partial charge in [-0.25, -0.2) is 4.98 Å². The van der Waals surface area contributed by atoms with Crippen LogP contribution in [0.2, 0.25) is 0 Å². The van der Waals surface area contributed by atoms with Crippen LogP contribution in [0.25, 0.3) is 10.2 Å². The first-order valence-corrected chi connectivity index (χ1v) is 9.20. The molecule has 0 atom stereocenters. The molecule has 0 N–H and O–H groups in total. The van der Waals surface area contributed by atoms with Crippen molar-refractivity contribution in [1.82, 2.24) is 4.98 Å². The third-order valence-corrected chi connectivity index (χ3v) is 6.42. The van der Waals surface area contributed by atoms with Crippen molar-refractivity contribution in [2.45, 2.75) is 25.1 Å². The fourth-order valence-corrected chi connectivity index (χ4v) is 4.82. The molecular formula is C14H15F3N2OS2. The van der Waals surface area contributed by atoms with Gasteiger partial charge in [0.05, 0.1) is 15.8 Å². The monoisotopic (exact) mass is 348 g/mol. The molecule has 3 nitrogen and oxygen atoms in total. The van der Waals surface area contributed by atoms with E-state index in [-0.39, 0.29) is 6.04 Å². The first kappa shape index (κ1) is 15.7. The van der Waals surface area contributed by atoms with E-state index in [0.29, 0.717) is 22.2 Å². The third kappa shape index (κ3) is 3.12. The van der Waals surface area contributed by atoms with Crippen LogP contribution in [0.15, 0.2) is 18.2 Å². The van der Waals surface area contributed by atoms with E-state index >= 15 is 0 Å². The van der Waals surface area contributed by atoms with E-state index < -0.39 is 22.5 Å². The summed E-state index contributed by atoms with van der Waals surface area (Å²) in [5, 5.41) is 0.715. The van der Waals surface area contributed by atoms with Crippen LogP contribution in [-0.4, -0.2) is 33.8 Å². The largest absolute Gasteiger partial charge is 0.416 e. The number of alkyl halides is 3. The molecule has 1 fully saturated rings. The van der Waals surface area contributed by atoms with Crippen LogP contribution in [0.1, 0.15) is 18.4 Å². The smallest absolute Gasteiger partial charge is 0.348 e. The van der Waals surface area contributed by atoms with Crippen molar-refractivity contribution >= 4 is 37.5 Å². The lowest BCUT2D eigenvalue weighted by Gasteiger charge is -2.30. The van der Waals surface area contributed by atoms with E-state index in [4.69, 9.17) is 0 Å². The summed E-state index contributed by atoms with van der Waals surface area (Å²) in [6, 6.07) is 3.91. The lowest BCUT2D eigenvalue weighted by atomic mass is 10.1. The number of fused-ring (bicyclic) bond motifs is 1. The lowest BCUT2D eigenvalue weighted by molar-refractivity contribution is -0.137. The molecule has 8 heteroatoms. The van der Waals surface area contributed by atoms with Gasteiger partial charge in [0.25, 0.3) is 0 Å². The second-order valence-electron chi connectivity index (χ2n) is 5.37. The molecule has 2 heterocycles. The molecule has 1 aromatic heterocycles. The highest BCUT2D eigenvalue weighted by atomic mass is 32.2. The number of hydrogen-bond acceptors (Lipinski definition) is 4. The molecule has 0 bridgehead atoms. The molecule has 1 aliphatic rings. The minimum Gasteiger partial charge on any atom is -0.348 e. The summed E-state index contributed by atoms with van der Waals surface area (Å²) in [5.74, 6) is 1.36. The number of halogens is 3. The summed E-state index contributed by atoms with van der Waals surface area (Å²) in [5.41, 5.74) is -0.298. The molecule has 1 aromatic carbocycles. The van der Waals surface area contributed by atoms with Crippen molar-refractivity contribution in [2.24, 2.45) is 0 Å². The zero-order chi connectivity index (χ0) is 15.9. The molecule has 1 aliphatic heterocycles. The van der Waals surface area contributed by atoms with Gasteiger partial charge in [0, 0.05) is 35.4 Å². The zero-order valence-corrected chi connectivity index (χ0v) is 13.5. The number of thiazole rings is 1. The van der Waals surface area contributed by atoms with Crippen LogP contribution < -0.4 is 4.90 Å². The summed E-state index contributed by atoms with van der Waals surface area (Å²) in [6.45, 7) is 0. The van der Waals surface area contributed by atoms with Gasteiger partial charge < -0.3 is 4.90 Å². The van der Waals surface area contributed by atoms with Crippen LogP contribution in [0, 0.1) is 0 Å². The first-order chi connectivity index (χ1) is 10.3. The van der Waals surface area contributed by atoms with E-state index in [1.165, 1.54) is 17.4 Å². The molecule has 22 heavy (non-hydrogen) atoms. The predicted octanol–water partition coefficient (Wildman–Crippen LogP) is 3.66. The SMILES string of the molecule is CN(c1nc2cc(C(F)(F)F)ccc2s1)C1CCS(=O)CC1. The van der Waals surface area contributed by atoms with Gasteiger partial charge in [-0.1, -0.05) is 11.3 Å². The molecule has 0 saturated carbocycles. The van der Waals surface area contributed by atoms with Crippen molar-refractivity contribution in [1.29, 1.82) is 0 Å². The van der Waals surface area contributed by atoms with Crippen molar-refractivity contribution in [3.8, 4) is 0 Å². The minimum absolute atomic E-state index is 0.250. The summed E-state index contributed by atoms with van der Waals surface area (Å²) >= 11 is 1.39. The second-order valence-corrected chi connectivity index (χ2v) is 8.07. The van der Waals surface area contributed by atoms with Gasteiger partial charge in [-0.2, -0.15) is 13.2 Å². The highest BCUT2D eigenvalue weighted by molar-refractivity contribution is 7.85. The normalized spacial score (nSPS) is 22.9. The fourth-order valence-electron chi connectivity index (χ4n) is 2.57. The summed E-state index contributed by atoms with van der Waals surface area (Å²) in [6.07, 6.45) is -2.70. The Morgan fingerprint density at radius 3 is 2.64 bits per heavy atom. The average molecular weight is 348 g/mol. The number of benzene rings is 1. The zero-order valence-electron chi connectivity index (χ0n) is 11.9. The van der Waals surface area contributed by atoms with Crippen molar-refractivity contribution in [2.75, 3.05) is 23.5 Å². The molecule has 0 spiro atoms. The maximum absolute atomic E-state index is 12.7. The molecule has 0 radical (unpaired) electrons. The molecule has 2 aromatic rings. The van der Waals surface area contributed by atoms with Gasteiger partial charge in [-0.3, -0.25) is 4.21 Å².